The minimum Gasteiger partial charge on any atom is -0.212 e. The van der Waals surface area contributed by atoms with Crippen molar-refractivity contribution in [3.63, 3.8) is 0 Å². The summed E-state index contributed by atoms with van der Waals surface area (Å²) in [6.45, 7) is 7.70. The predicted octanol–water partition coefficient (Wildman–Crippen LogP) is 0.630. The van der Waals surface area contributed by atoms with E-state index in [-0.39, 0.29) is 12.0 Å². The lowest BCUT2D eigenvalue weighted by atomic mass is 10.1. The molecule has 0 aliphatic heterocycles. The van der Waals surface area contributed by atoms with Crippen molar-refractivity contribution in [3.05, 3.63) is 12.4 Å². The largest absolute Gasteiger partial charge is 0.214 e. The van der Waals surface area contributed by atoms with E-state index in [4.69, 9.17) is 0 Å². The highest BCUT2D eigenvalue weighted by atomic mass is 32.2. The number of nitrogens with zero attached hydrogens (tertiary/aromatic N) is 3. The molecular formula is C10H20N4O2S. The van der Waals surface area contributed by atoms with E-state index in [1.807, 2.05) is 13.8 Å². The maximum atomic E-state index is 11.8. The second-order valence-electron chi connectivity index (χ2n) is 4.65. The summed E-state index contributed by atoms with van der Waals surface area (Å²) in [4.78, 5) is 1.49. The van der Waals surface area contributed by atoms with Gasteiger partial charge in [0.05, 0.1) is 24.2 Å². The van der Waals surface area contributed by atoms with Gasteiger partial charge >= 0.3 is 0 Å². The fraction of sp³-hybridized carbons (Fsp3) is 0.800. The van der Waals surface area contributed by atoms with Gasteiger partial charge in [-0.3, -0.25) is 0 Å². The third-order valence-corrected chi connectivity index (χ3v) is 4.44. The van der Waals surface area contributed by atoms with Crippen LogP contribution in [0.5, 0.6) is 0 Å². The van der Waals surface area contributed by atoms with E-state index in [0.29, 0.717) is 6.54 Å². The molecule has 0 amide bonds. The molecule has 17 heavy (non-hydrogen) atoms. The van der Waals surface area contributed by atoms with Gasteiger partial charge < -0.3 is 0 Å². The topological polar surface area (TPSA) is 76.9 Å². The monoisotopic (exact) mass is 260 g/mol. The van der Waals surface area contributed by atoms with E-state index in [0.717, 1.165) is 0 Å². The Kier molecular flexibility index (Phi) is 4.64. The molecule has 0 saturated carbocycles. The predicted molar refractivity (Wildman–Crippen MR) is 65.8 cm³/mol. The van der Waals surface area contributed by atoms with Crippen LogP contribution < -0.4 is 4.72 Å². The highest BCUT2D eigenvalue weighted by Gasteiger charge is 2.24. The normalized spacial score (nSPS) is 14.5. The second-order valence-corrected chi connectivity index (χ2v) is 6.91. The number of hydrogen-bond acceptors (Lipinski definition) is 4. The Morgan fingerprint density at radius 3 is 2.12 bits per heavy atom. The third-order valence-electron chi connectivity index (χ3n) is 2.57. The molecule has 1 rings (SSSR count). The quantitative estimate of drug-likeness (QED) is 0.814. The summed E-state index contributed by atoms with van der Waals surface area (Å²) in [5, 5.41) is 7.53. The Labute approximate surface area is 102 Å². The Morgan fingerprint density at radius 1 is 1.18 bits per heavy atom. The molecule has 0 radical (unpaired) electrons. The third kappa shape index (κ3) is 4.08. The van der Waals surface area contributed by atoms with Crippen molar-refractivity contribution in [3.8, 4) is 0 Å². The lowest BCUT2D eigenvalue weighted by molar-refractivity contribution is 0.360. The highest BCUT2D eigenvalue weighted by Crippen LogP contribution is 2.08. The lowest BCUT2D eigenvalue weighted by Crippen LogP contribution is -2.44. The first-order valence-corrected chi connectivity index (χ1v) is 7.23. The SMILES string of the molecule is CC(C)C(Cn1nccn1)NS(=O)(=O)C(C)C. The molecule has 1 N–H and O–H groups in total. The first-order valence-electron chi connectivity index (χ1n) is 5.68. The van der Waals surface area contributed by atoms with Crippen LogP contribution in [0.15, 0.2) is 12.4 Å². The van der Waals surface area contributed by atoms with Crippen molar-refractivity contribution in [2.45, 2.75) is 45.5 Å². The molecule has 0 aliphatic carbocycles. The van der Waals surface area contributed by atoms with Crippen LogP contribution in [-0.4, -0.2) is 34.7 Å². The van der Waals surface area contributed by atoms with Crippen LogP contribution in [-0.2, 0) is 16.6 Å². The Hall–Kier alpha value is -0.950. The molecule has 7 heteroatoms. The summed E-state index contributed by atoms with van der Waals surface area (Å²) in [6, 6.07) is -0.199. The Bertz CT molecular complexity index is 425. The van der Waals surface area contributed by atoms with Crippen molar-refractivity contribution in [2.75, 3.05) is 0 Å². The van der Waals surface area contributed by atoms with Gasteiger partial charge in [-0.25, -0.2) is 13.1 Å². The maximum Gasteiger partial charge on any atom is 0.214 e. The van der Waals surface area contributed by atoms with E-state index >= 15 is 0 Å². The average Bonchev–Trinajstić information content (AvgIpc) is 2.68. The van der Waals surface area contributed by atoms with E-state index in [9.17, 15) is 8.42 Å². The zero-order valence-corrected chi connectivity index (χ0v) is 11.5. The van der Waals surface area contributed by atoms with Crippen LogP contribution in [0.4, 0.5) is 0 Å². The Morgan fingerprint density at radius 2 is 1.71 bits per heavy atom. The van der Waals surface area contributed by atoms with Crippen molar-refractivity contribution < 1.29 is 8.42 Å². The zero-order valence-electron chi connectivity index (χ0n) is 10.7. The van der Waals surface area contributed by atoms with Crippen LogP contribution in [0.2, 0.25) is 0 Å². The van der Waals surface area contributed by atoms with E-state index in [1.165, 1.54) is 4.80 Å². The summed E-state index contributed by atoms with van der Waals surface area (Å²) >= 11 is 0. The fourth-order valence-electron chi connectivity index (χ4n) is 1.24. The van der Waals surface area contributed by atoms with Crippen molar-refractivity contribution >= 4 is 10.0 Å². The lowest BCUT2D eigenvalue weighted by Gasteiger charge is -2.22. The minimum atomic E-state index is -3.26. The van der Waals surface area contributed by atoms with Gasteiger partial charge in [-0.2, -0.15) is 15.0 Å². The molecule has 0 aromatic carbocycles. The first-order chi connectivity index (χ1) is 7.83. The molecule has 1 aromatic heterocycles. The van der Waals surface area contributed by atoms with E-state index in [1.54, 1.807) is 26.2 Å². The highest BCUT2D eigenvalue weighted by molar-refractivity contribution is 7.90. The van der Waals surface area contributed by atoms with Crippen LogP contribution in [0, 0.1) is 5.92 Å². The number of hydrogen-bond donors (Lipinski definition) is 1. The van der Waals surface area contributed by atoms with Crippen molar-refractivity contribution in [2.24, 2.45) is 5.92 Å². The van der Waals surface area contributed by atoms with Gasteiger partial charge in [0.25, 0.3) is 0 Å². The maximum absolute atomic E-state index is 11.8. The van der Waals surface area contributed by atoms with Crippen LogP contribution in [0.1, 0.15) is 27.7 Å². The Balaban J connectivity index is 2.74. The molecular weight excluding hydrogens is 240 g/mol. The second kappa shape index (κ2) is 5.59. The van der Waals surface area contributed by atoms with Gasteiger partial charge in [-0.1, -0.05) is 13.8 Å². The number of aromatic nitrogens is 3. The standard InChI is InChI=1S/C10H20N4O2S/c1-8(2)10(7-14-11-5-6-12-14)13-17(15,16)9(3)4/h5-6,8-10,13H,7H2,1-4H3. The summed E-state index contributed by atoms with van der Waals surface area (Å²) in [7, 11) is -3.26. The molecule has 1 atom stereocenters. The van der Waals surface area contributed by atoms with Gasteiger partial charge in [0, 0.05) is 6.04 Å². The smallest absolute Gasteiger partial charge is 0.212 e. The van der Waals surface area contributed by atoms with Gasteiger partial charge in [0.2, 0.25) is 10.0 Å². The molecule has 1 unspecified atom stereocenters. The van der Waals surface area contributed by atoms with Gasteiger partial charge in [-0.15, -0.1) is 0 Å². The van der Waals surface area contributed by atoms with Crippen LogP contribution >= 0.6 is 0 Å². The molecule has 0 aliphatic rings. The molecule has 6 nitrogen and oxygen atoms in total. The summed E-state index contributed by atoms with van der Waals surface area (Å²) in [5.41, 5.74) is 0. The molecule has 0 spiro atoms. The van der Waals surface area contributed by atoms with Gasteiger partial charge in [0.15, 0.2) is 0 Å². The fourth-order valence-corrected chi connectivity index (χ4v) is 2.29. The first kappa shape index (κ1) is 14.1. The summed E-state index contributed by atoms with van der Waals surface area (Å²) < 4.78 is 26.3. The van der Waals surface area contributed by atoms with Gasteiger partial charge in [0.1, 0.15) is 0 Å². The molecule has 1 aromatic rings. The van der Waals surface area contributed by atoms with E-state index < -0.39 is 15.3 Å². The minimum absolute atomic E-state index is 0.175. The van der Waals surface area contributed by atoms with Crippen molar-refractivity contribution in [1.82, 2.24) is 19.7 Å². The summed E-state index contributed by atoms with van der Waals surface area (Å²) in [6.07, 6.45) is 3.16. The average molecular weight is 260 g/mol. The zero-order chi connectivity index (χ0) is 13.1. The van der Waals surface area contributed by atoms with Crippen molar-refractivity contribution in [1.29, 1.82) is 0 Å². The molecule has 0 fully saturated rings. The van der Waals surface area contributed by atoms with Gasteiger partial charge in [-0.05, 0) is 19.8 Å². The summed E-state index contributed by atoms with van der Waals surface area (Å²) in [5.74, 6) is 0.175. The van der Waals surface area contributed by atoms with Crippen LogP contribution in [0.3, 0.4) is 0 Å². The molecule has 1 heterocycles. The number of nitrogens with one attached hydrogen (secondary N) is 1. The number of sulfonamides is 1. The van der Waals surface area contributed by atoms with Crippen LogP contribution in [0.25, 0.3) is 0 Å². The molecule has 0 bridgehead atoms. The molecule has 98 valence electrons. The molecule has 0 saturated heterocycles. The van der Waals surface area contributed by atoms with E-state index in [2.05, 4.69) is 14.9 Å². The number of rotatable bonds is 6.